The number of halogens is 1. The first-order chi connectivity index (χ1) is 5.11. The summed E-state index contributed by atoms with van der Waals surface area (Å²) in [5.41, 5.74) is 1.36. The maximum absolute atomic E-state index is 10.6. The summed E-state index contributed by atoms with van der Waals surface area (Å²) in [4.78, 5) is 10.6. The maximum atomic E-state index is 10.6. The maximum Gasteiger partial charge on any atom is 1.00 e. The van der Waals surface area contributed by atoms with Crippen LogP contribution in [0.25, 0.3) is 0 Å². The standard InChI is InChI=1S/C8H7IO2.K.H/c1-5-2-3-7(9)6(4-5)8(10)11;;/h2-4H,1H3,(H,10,11);;/q;+1;-1. The van der Waals surface area contributed by atoms with Crippen LogP contribution in [0, 0.1) is 10.5 Å². The van der Waals surface area contributed by atoms with Gasteiger partial charge in [0.25, 0.3) is 0 Å². The second kappa shape index (κ2) is 5.72. The molecule has 0 aliphatic heterocycles. The van der Waals surface area contributed by atoms with E-state index in [0.29, 0.717) is 5.56 Å². The van der Waals surface area contributed by atoms with E-state index in [9.17, 15) is 4.79 Å². The molecule has 4 heteroatoms. The van der Waals surface area contributed by atoms with Gasteiger partial charge < -0.3 is 6.53 Å². The third kappa shape index (κ3) is 3.43. The fraction of sp³-hybridized carbons (Fsp3) is 0.125. The van der Waals surface area contributed by atoms with Crippen LogP contribution in [0.1, 0.15) is 17.3 Å². The Balaban J connectivity index is 0. The summed E-state index contributed by atoms with van der Waals surface area (Å²) in [7, 11) is 0. The third-order valence-corrected chi connectivity index (χ3v) is 2.29. The minimum absolute atomic E-state index is 0. The Morgan fingerprint density at radius 3 is 2.58 bits per heavy atom. The molecule has 0 saturated carbocycles. The molecular weight excluding hydrogens is 294 g/mol. The first-order valence-corrected chi connectivity index (χ1v) is 4.18. The molecule has 2 nitrogen and oxygen atoms in total. The summed E-state index contributed by atoms with van der Waals surface area (Å²) >= 11 is 2.01. The van der Waals surface area contributed by atoms with Crippen molar-refractivity contribution < 1.29 is 62.7 Å². The van der Waals surface area contributed by atoms with E-state index in [2.05, 4.69) is 0 Å². The van der Waals surface area contributed by atoms with Crippen molar-refractivity contribution >= 4 is 28.6 Å². The molecule has 1 N–H and O–H groups in total. The average Bonchev–Trinajstić information content (AvgIpc) is 1.94. The quantitative estimate of drug-likeness (QED) is 0.556. The number of carboxylic acids is 1. The SMILES string of the molecule is Cc1ccc(I)c(C(=O)O)c1.[H-].[K+]. The zero-order chi connectivity index (χ0) is 8.43. The monoisotopic (exact) mass is 302 g/mol. The molecule has 0 amide bonds. The molecule has 0 saturated heterocycles. The molecule has 0 aliphatic rings. The number of carboxylic acid groups (broad SMARTS) is 1. The Labute approximate surface area is 129 Å². The Morgan fingerprint density at radius 1 is 1.58 bits per heavy atom. The van der Waals surface area contributed by atoms with Crippen molar-refractivity contribution in [2.45, 2.75) is 6.92 Å². The van der Waals surface area contributed by atoms with Crippen molar-refractivity contribution in [3.8, 4) is 0 Å². The van der Waals surface area contributed by atoms with Crippen LogP contribution < -0.4 is 51.4 Å². The van der Waals surface area contributed by atoms with E-state index < -0.39 is 5.97 Å². The van der Waals surface area contributed by atoms with Crippen LogP contribution in [0.15, 0.2) is 18.2 Å². The molecule has 0 bridgehead atoms. The third-order valence-electron chi connectivity index (χ3n) is 1.35. The Bertz CT molecular complexity index is 304. The first-order valence-electron chi connectivity index (χ1n) is 3.10. The van der Waals surface area contributed by atoms with Gasteiger partial charge in [-0.3, -0.25) is 0 Å². The van der Waals surface area contributed by atoms with Crippen LogP contribution in [0.5, 0.6) is 0 Å². The van der Waals surface area contributed by atoms with Crippen molar-refractivity contribution in [1.82, 2.24) is 0 Å². The van der Waals surface area contributed by atoms with Gasteiger partial charge in [-0.15, -0.1) is 0 Å². The van der Waals surface area contributed by atoms with Gasteiger partial charge in [-0.1, -0.05) is 11.6 Å². The number of aryl methyl sites for hydroxylation is 1. The van der Waals surface area contributed by atoms with Gasteiger partial charge in [0, 0.05) is 3.57 Å². The number of carbonyl (C=O) groups is 1. The van der Waals surface area contributed by atoms with Gasteiger partial charge in [0.15, 0.2) is 0 Å². The topological polar surface area (TPSA) is 37.3 Å². The number of hydrogen-bond donors (Lipinski definition) is 1. The van der Waals surface area contributed by atoms with Crippen molar-refractivity contribution in [1.29, 1.82) is 0 Å². The van der Waals surface area contributed by atoms with Crippen molar-refractivity contribution in [3.63, 3.8) is 0 Å². The molecular formula is C8H8IKO2. The molecule has 0 atom stereocenters. The fourth-order valence-corrected chi connectivity index (χ4v) is 1.37. The summed E-state index contributed by atoms with van der Waals surface area (Å²) in [5, 5.41) is 8.69. The van der Waals surface area contributed by atoms with E-state index in [1.165, 1.54) is 0 Å². The number of aromatic carboxylic acids is 1. The van der Waals surface area contributed by atoms with E-state index in [4.69, 9.17) is 5.11 Å². The van der Waals surface area contributed by atoms with Crippen LogP contribution >= 0.6 is 22.6 Å². The molecule has 1 aromatic carbocycles. The van der Waals surface area contributed by atoms with Crippen molar-refractivity contribution in [2.24, 2.45) is 0 Å². The molecule has 60 valence electrons. The largest absolute Gasteiger partial charge is 1.00 e. The van der Waals surface area contributed by atoms with Gasteiger partial charge in [-0.05, 0) is 41.6 Å². The summed E-state index contributed by atoms with van der Waals surface area (Å²) in [6, 6.07) is 5.37. The number of hydrogen-bond acceptors (Lipinski definition) is 1. The summed E-state index contributed by atoms with van der Waals surface area (Å²) < 4.78 is 0.778. The van der Waals surface area contributed by atoms with Crippen LogP contribution in [0.3, 0.4) is 0 Å². The zero-order valence-electron chi connectivity index (χ0n) is 7.97. The first kappa shape index (κ1) is 13.1. The minimum atomic E-state index is -0.863. The van der Waals surface area contributed by atoms with Gasteiger partial charge in [0.1, 0.15) is 0 Å². The predicted molar refractivity (Wildman–Crippen MR) is 52.0 cm³/mol. The summed E-state index contributed by atoms with van der Waals surface area (Å²) in [6.07, 6.45) is 0. The molecule has 0 spiro atoms. The summed E-state index contributed by atoms with van der Waals surface area (Å²) in [5.74, 6) is -0.863. The molecule has 0 aromatic heterocycles. The van der Waals surface area contributed by atoms with Crippen molar-refractivity contribution in [2.75, 3.05) is 0 Å². The van der Waals surface area contributed by atoms with E-state index >= 15 is 0 Å². The molecule has 12 heavy (non-hydrogen) atoms. The van der Waals surface area contributed by atoms with E-state index in [1.54, 1.807) is 12.1 Å². The number of benzene rings is 1. The molecule has 0 heterocycles. The summed E-state index contributed by atoms with van der Waals surface area (Å²) in [6.45, 7) is 1.88. The molecule has 0 unspecified atom stereocenters. The van der Waals surface area contributed by atoms with Crippen LogP contribution in [0.2, 0.25) is 0 Å². The number of rotatable bonds is 1. The van der Waals surface area contributed by atoms with Crippen LogP contribution in [-0.4, -0.2) is 11.1 Å². The van der Waals surface area contributed by atoms with Gasteiger partial charge in [-0.2, -0.15) is 0 Å². The molecule has 0 aliphatic carbocycles. The Morgan fingerprint density at radius 2 is 2.17 bits per heavy atom. The molecule has 1 aromatic rings. The Kier molecular flexibility index (Phi) is 6.22. The van der Waals surface area contributed by atoms with Crippen LogP contribution in [-0.2, 0) is 0 Å². The van der Waals surface area contributed by atoms with Crippen molar-refractivity contribution in [3.05, 3.63) is 32.9 Å². The van der Waals surface area contributed by atoms with Gasteiger partial charge >= 0.3 is 57.4 Å². The fourth-order valence-electron chi connectivity index (χ4n) is 0.803. The smallest absolute Gasteiger partial charge is 1.00 e. The molecule has 0 fully saturated rings. The average molecular weight is 302 g/mol. The normalized spacial score (nSPS) is 8.83. The minimum Gasteiger partial charge on any atom is -1.00 e. The molecule has 0 radical (unpaired) electrons. The van der Waals surface area contributed by atoms with Gasteiger partial charge in [-0.25, -0.2) is 4.79 Å². The van der Waals surface area contributed by atoms with E-state index in [0.717, 1.165) is 9.13 Å². The second-order valence-electron chi connectivity index (χ2n) is 2.29. The van der Waals surface area contributed by atoms with Gasteiger partial charge in [0.2, 0.25) is 0 Å². The van der Waals surface area contributed by atoms with Gasteiger partial charge in [0.05, 0.1) is 5.56 Å². The van der Waals surface area contributed by atoms with Crippen LogP contribution in [0.4, 0.5) is 0 Å². The van der Waals surface area contributed by atoms with E-state index in [1.807, 2.05) is 35.6 Å². The second-order valence-corrected chi connectivity index (χ2v) is 3.45. The predicted octanol–water partition coefficient (Wildman–Crippen LogP) is -0.586. The zero-order valence-corrected chi connectivity index (χ0v) is 12.2. The Hall–Kier alpha value is 1.06. The van der Waals surface area contributed by atoms with E-state index in [-0.39, 0.29) is 52.8 Å². The molecule has 1 rings (SSSR count).